The Hall–Kier alpha value is -2.37. The van der Waals surface area contributed by atoms with Crippen LogP contribution in [0, 0.1) is 6.92 Å². The molecule has 1 heterocycles. The second-order valence-corrected chi connectivity index (χ2v) is 6.48. The van der Waals surface area contributed by atoms with Crippen molar-refractivity contribution in [2.24, 2.45) is 5.16 Å². The van der Waals surface area contributed by atoms with Gasteiger partial charge in [0, 0.05) is 37.7 Å². The molecule has 3 N–H and O–H groups in total. The molecule has 0 spiro atoms. The van der Waals surface area contributed by atoms with Crippen molar-refractivity contribution in [1.29, 1.82) is 0 Å². The predicted molar refractivity (Wildman–Crippen MR) is 99.9 cm³/mol. The van der Waals surface area contributed by atoms with Crippen molar-refractivity contribution < 1.29 is 15.1 Å². The van der Waals surface area contributed by atoms with E-state index in [9.17, 15) is 10.2 Å². The summed E-state index contributed by atoms with van der Waals surface area (Å²) in [5, 5.41) is 26.1. The van der Waals surface area contributed by atoms with Gasteiger partial charge in [0.25, 0.3) is 0 Å². The molecule has 1 unspecified atom stereocenters. The van der Waals surface area contributed by atoms with Gasteiger partial charge in [-0.1, -0.05) is 29.4 Å². The van der Waals surface area contributed by atoms with Crippen LogP contribution in [-0.2, 0) is 4.84 Å². The van der Waals surface area contributed by atoms with Crippen LogP contribution >= 0.6 is 0 Å². The summed E-state index contributed by atoms with van der Waals surface area (Å²) in [6.07, 6.45) is 0.853. The van der Waals surface area contributed by atoms with E-state index in [-0.39, 0.29) is 13.2 Å². The Labute approximate surface area is 148 Å². The van der Waals surface area contributed by atoms with E-state index in [2.05, 4.69) is 53.8 Å². The summed E-state index contributed by atoms with van der Waals surface area (Å²) in [4.78, 5) is 5.47. The van der Waals surface area contributed by atoms with Gasteiger partial charge in [0.15, 0.2) is 5.60 Å². The number of nitrogens with one attached hydrogen (secondary N) is 1. The van der Waals surface area contributed by atoms with Crippen LogP contribution in [0.3, 0.4) is 0 Å². The smallest absolute Gasteiger partial charge is 0.168 e. The van der Waals surface area contributed by atoms with Gasteiger partial charge in [0.05, 0.1) is 12.3 Å². The number of nitrogens with zero attached hydrogens (tertiary/aromatic N) is 1. The molecule has 0 fully saturated rings. The molecular formula is C20H24N2O3. The van der Waals surface area contributed by atoms with Gasteiger partial charge in [-0.15, -0.1) is 0 Å². The molecule has 0 radical (unpaired) electrons. The van der Waals surface area contributed by atoms with Crippen LogP contribution in [0.25, 0.3) is 11.1 Å². The third-order valence-corrected chi connectivity index (χ3v) is 4.75. The molecular weight excluding hydrogens is 316 g/mol. The largest absolute Gasteiger partial charge is 0.396 e. The van der Waals surface area contributed by atoms with Crippen LogP contribution in [0.4, 0.5) is 5.69 Å². The summed E-state index contributed by atoms with van der Waals surface area (Å²) < 4.78 is 0. The highest BCUT2D eigenvalue weighted by atomic mass is 16.7. The first-order chi connectivity index (χ1) is 12.1. The molecule has 25 heavy (non-hydrogen) atoms. The number of benzene rings is 2. The lowest BCUT2D eigenvalue weighted by molar-refractivity contribution is -0.0697. The molecule has 132 valence electrons. The van der Waals surface area contributed by atoms with Gasteiger partial charge >= 0.3 is 0 Å². The number of aryl methyl sites for hydroxylation is 1. The van der Waals surface area contributed by atoms with E-state index in [1.807, 2.05) is 13.1 Å². The number of rotatable bonds is 6. The van der Waals surface area contributed by atoms with Gasteiger partial charge in [-0.3, -0.25) is 0 Å². The molecule has 0 aliphatic carbocycles. The molecule has 1 aliphatic rings. The molecule has 3 rings (SSSR count). The Morgan fingerprint density at radius 2 is 1.84 bits per heavy atom. The quantitative estimate of drug-likeness (QED) is 0.756. The maximum absolute atomic E-state index is 9.62. The zero-order chi connectivity index (χ0) is 17.9. The van der Waals surface area contributed by atoms with Gasteiger partial charge in [-0.25, -0.2) is 0 Å². The van der Waals surface area contributed by atoms with E-state index in [4.69, 9.17) is 4.84 Å². The maximum Gasteiger partial charge on any atom is 0.168 e. The lowest BCUT2D eigenvalue weighted by Crippen LogP contribution is -2.34. The number of aliphatic hydroxyl groups excluding tert-OH is 2. The Morgan fingerprint density at radius 1 is 1.12 bits per heavy atom. The molecule has 2 aromatic carbocycles. The van der Waals surface area contributed by atoms with Crippen molar-refractivity contribution in [2.45, 2.75) is 25.4 Å². The highest BCUT2D eigenvalue weighted by Gasteiger charge is 2.38. The van der Waals surface area contributed by atoms with Crippen LogP contribution in [0.2, 0.25) is 0 Å². The van der Waals surface area contributed by atoms with Crippen LogP contribution in [0.15, 0.2) is 47.6 Å². The average Bonchev–Trinajstić information content (AvgIpc) is 3.07. The van der Waals surface area contributed by atoms with Crippen molar-refractivity contribution in [3.8, 4) is 11.1 Å². The third kappa shape index (κ3) is 3.52. The van der Waals surface area contributed by atoms with Crippen LogP contribution < -0.4 is 5.32 Å². The van der Waals surface area contributed by atoms with Crippen molar-refractivity contribution in [3.63, 3.8) is 0 Å². The molecule has 5 heteroatoms. The summed E-state index contributed by atoms with van der Waals surface area (Å²) >= 11 is 0. The highest BCUT2D eigenvalue weighted by Crippen LogP contribution is 2.32. The van der Waals surface area contributed by atoms with E-state index in [1.165, 1.54) is 5.56 Å². The number of hydrogen-bond acceptors (Lipinski definition) is 5. The SMILES string of the molecule is CNc1ccc(-c2cc(C3=NOC(CO)(CCO)C3)ccc2C)cc1. The van der Waals surface area contributed by atoms with Crippen molar-refractivity contribution in [2.75, 3.05) is 25.6 Å². The minimum absolute atomic E-state index is 0.0413. The zero-order valence-electron chi connectivity index (χ0n) is 14.6. The minimum Gasteiger partial charge on any atom is -0.396 e. The maximum atomic E-state index is 9.62. The minimum atomic E-state index is -0.802. The molecule has 0 amide bonds. The van der Waals surface area contributed by atoms with Crippen molar-refractivity contribution in [1.82, 2.24) is 0 Å². The van der Waals surface area contributed by atoms with Gasteiger partial charge in [-0.05, 0) is 41.8 Å². The predicted octanol–water partition coefficient (Wildman–Crippen LogP) is 2.94. The Kier molecular flexibility index (Phi) is 5.06. The second-order valence-electron chi connectivity index (χ2n) is 6.48. The second kappa shape index (κ2) is 7.25. The van der Waals surface area contributed by atoms with E-state index < -0.39 is 5.60 Å². The first-order valence-electron chi connectivity index (χ1n) is 8.47. The molecule has 1 aliphatic heterocycles. The summed E-state index contributed by atoms with van der Waals surface area (Å²) in [5.74, 6) is 0. The fraction of sp³-hybridized carbons (Fsp3) is 0.350. The molecule has 0 saturated carbocycles. The molecule has 2 aromatic rings. The van der Waals surface area contributed by atoms with Gasteiger partial charge < -0.3 is 20.4 Å². The zero-order valence-corrected chi connectivity index (χ0v) is 14.6. The van der Waals surface area contributed by atoms with Gasteiger partial charge in [0.2, 0.25) is 0 Å². The van der Waals surface area contributed by atoms with Crippen LogP contribution in [0.5, 0.6) is 0 Å². The molecule has 1 atom stereocenters. The third-order valence-electron chi connectivity index (χ3n) is 4.75. The van der Waals surface area contributed by atoms with E-state index in [0.29, 0.717) is 12.8 Å². The highest BCUT2D eigenvalue weighted by molar-refractivity contribution is 6.02. The summed E-state index contributed by atoms with van der Waals surface area (Å²) in [6.45, 7) is 1.88. The summed E-state index contributed by atoms with van der Waals surface area (Å²) in [7, 11) is 1.90. The molecule has 0 aromatic heterocycles. The average molecular weight is 340 g/mol. The molecule has 0 bridgehead atoms. The van der Waals surface area contributed by atoms with Gasteiger partial charge in [0.1, 0.15) is 0 Å². The number of oxime groups is 1. The fourth-order valence-electron chi connectivity index (χ4n) is 3.11. The summed E-state index contributed by atoms with van der Waals surface area (Å²) in [6, 6.07) is 14.5. The first-order valence-corrected chi connectivity index (χ1v) is 8.47. The fourth-order valence-corrected chi connectivity index (χ4v) is 3.11. The molecule has 5 nitrogen and oxygen atoms in total. The van der Waals surface area contributed by atoms with Crippen molar-refractivity contribution in [3.05, 3.63) is 53.6 Å². The normalized spacial score (nSPS) is 19.4. The number of hydrogen-bond donors (Lipinski definition) is 3. The topological polar surface area (TPSA) is 74.1 Å². The number of anilines is 1. The monoisotopic (exact) mass is 340 g/mol. The molecule has 0 saturated heterocycles. The summed E-state index contributed by atoms with van der Waals surface area (Å²) in [5.41, 5.74) is 5.52. The van der Waals surface area contributed by atoms with E-state index in [0.717, 1.165) is 28.1 Å². The lowest BCUT2D eigenvalue weighted by Gasteiger charge is -2.22. The first kappa shape index (κ1) is 17.5. The van der Waals surface area contributed by atoms with E-state index >= 15 is 0 Å². The number of aliphatic hydroxyl groups is 2. The lowest BCUT2D eigenvalue weighted by atomic mass is 9.90. The standard InChI is InChI=1S/C20H24N2O3/c1-14-3-4-16(19-12-20(13-24,9-10-23)25-22-19)11-18(14)15-5-7-17(21-2)8-6-15/h3-8,11,21,23-24H,9-10,12-13H2,1-2H3. The Morgan fingerprint density at radius 3 is 2.48 bits per heavy atom. The van der Waals surface area contributed by atoms with Crippen LogP contribution in [-0.4, -0.2) is 41.8 Å². The van der Waals surface area contributed by atoms with Crippen molar-refractivity contribution >= 4 is 11.4 Å². The van der Waals surface area contributed by atoms with E-state index in [1.54, 1.807) is 0 Å². The Balaban J connectivity index is 1.89. The van der Waals surface area contributed by atoms with Gasteiger partial charge in [-0.2, -0.15) is 0 Å². The van der Waals surface area contributed by atoms with Crippen LogP contribution in [0.1, 0.15) is 24.0 Å². The Bertz CT molecular complexity index is 771.